The van der Waals surface area contributed by atoms with Crippen molar-refractivity contribution in [1.29, 1.82) is 0 Å². The summed E-state index contributed by atoms with van der Waals surface area (Å²) in [7, 11) is 0. The molecule has 2 aliphatic rings. The molecule has 3 aromatic rings. The van der Waals surface area contributed by atoms with Crippen LogP contribution in [0.5, 0.6) is 0 Å². The minimum Gasteiger partial charge on any atom is -0.368 e. The Hall–Kier alpha value is -2.91. The molecule has 5 rings (SSSR count). The molecule has 0 saturated carbocycles. The van der Waals surface area contributed by atoms with Gasteiger partial charge in [-0.2, -0.15) is 0 Å². The number of thiazole rings is 1. The summed E-state index contributed by atoms with van der Waals surface area (Å²) in [4.78, 5) is 43.6. The maximum absolute atomic E-state index is 12.7. The molecule has 0 atom stereocenters. The van der Waals surface area contributed by atoms with Gasteiger partial charge >= 0.3 is 0 Å². The molecule has 2 saturated heterocycles. The lowest BCUT2D eigenvalue weighted by molar-refractivity contribution is -0.137. The van der Waals surface area contributed by atoms with Crippen LogP contribution in [0, 0.1) is 0 Å². The lowest BCUT2D eigenvalue weighted by Gasteiger charge is -2.36. The fourth-order valence-corrected chi connectivity index (χ4v) is 5.60. The summed E-state index contributed by atoms with van der Waals surface area (Å²) in [5.41, 5.74) is 1.99. The minimum atomic E-state index is 0.0523. The third kappa shape index (κ3) is 5.10. The molecule has 0 bridgehead atoms. The molecule has 2 amide bonds. The number of fused-ring (bicyclic) bond motifs is 1. The number of nitrogens with zero attached hydrogens (tertiary/aromatic N) is 6. The molecular weight excluding hydrogens is 472 g/mol. The largest absolute Gasteiger partial charge is 0.368 e. The molecule has 0 radical (unpaired) electrons. The van der Waals surface area contributed by atoms with Gasteiger partial charge in [-0.15, -0.1) is 0 Å². The lowest BCUT2D eigenvalue weighted by Crippen LogP contribution is -2.50. The number of hydrogen-bond donors (Lipinski definition) is 0. The number of carbonyl (C=O) groups excluding carboxylic acids is 2. The van der Waals surface area contributed by atoms with E-state index in [4.69, 9.17) is 11.6 Å². The van der Waals surface area contributed by atoms with E-state index in [2.05, 4.69) is 19.8 Å². The normalized spacial score (nSPS) is 16.9. The Morgan fingerprint density at radius 3 is 2.12 bits per heavy atom. The van der Waals surface area contributed by atoms with E-state index in [0.717, 1.165) is 47.3 Å². The van der Waals surface area contributed by atoms with Crippen molar-refractivity contribution in [1.82, 2.24) is 19.8 Å². The number of piperazine rings is 2. The van der Waals surface area contributed by atoms with Gasteiger partial charge in [0.15, 0.2) is 5.13 Å². The first-order chi connectivity index (χ1) is 16.6. The Bertz CT molecular complexity index is 1140. The summed E-state index contributed by atoms with van der Waals surface area (Å²) in [5.74, 6) is 0.108. The number of halogens is 1. The van der Waals surface area contributed by atoms with Gasteiger partial charge < -0.3 is 19.6 Å². The molecule has 10 heteroatoms. The second-order valence-electron chi connectivity index (χ2n) is 8.54. The van der Waals surface area contributed by atoms with E-state index in [1.54, 1.807) is 17.5 Å². The number of carbonyl (C=O) groups is 2. The maximum atomic E-state index is 12.7. The van der Waals surface area contributed by atoms with Crippen LogP contribution in [0.4, 0.5) is 10.8 Å². The highest BCUT2D eigenvalue weighted by atomic mass is 35.5. The highest BCUT2D eigenvalue weighted by Gasteiger charge is 2.25. The second-order valence-corrected chi connectivity index (χ2v) is 9.93. The molecule has 4 heterocycles. The summed E-state index contributed by atoms with van der Waals surface area (Å²) >= 11 is 7.68. The Balaban J connectivity index is 1.06. The first-order valence-corrected chi connectivity index (χ1v) is 12.8. The average molecular weight is 499 g/mol. The molecule has 34 heavy (non-hydrogen) atoms. The number of aromatic nitrogens is 2. The number of rotatable bonds is 5. The van der Waals surface area contributed by atoms with Crippen LogP contribution in [0.25, 0.3) is 10.3 Å². The third-order valence-electron chi connectivity index (χ3n) is 6.42. The molecule has 2 aliphatic heterocycles. The standard InChI is InChI=1S/C24H27ClN6O2S/c25-18-3-1-4-19(17-18)28-9-11-29(12-10-28)21(32)6-7-22(33)30-13-15-31(16-14-30)24-27-20-5-2-8-26-23(20)34-24/h1-5,8,17H,6-7,9-16H2. The van der Waals surface area contributed by atoms with Crippen LogP contribution in [-0.2, 0) is 9.59 Å². The van der Waals surface area contributed by atoms with E-state index in [0.29, 0.717) is 31.2 Å². The monoisotopic (exact) mass is 498 g/mol. The quantitative estimate of drug-likeness (QED) is 0.538. The molecule has 2 aromatic heterocycles. The molecule has 0 spiro atoms. The summed E-state index contributed by atoms with van der Waals surface area (Å²) < 4.78 is 0. The lowest BCUT2D eigenvalue weighted by atomic mass is 10.2. The Labute approximate surface area is 207 Å². The molecular formula is C24H27ClN6O2S. The van der Waals surface area contributed by atoms with Crippen LogP contribution >= 0.6 is 22.9 Å². The van der Waals surface area contributed by atoms with Gasteiger partial charge in [0.05, 0.1) is 0 Å². The predicted molar refractivity (Wildman–Crippen MR) is 136 cm³/mol. The number of anilines is 2. The van der Waals surface area contributed by atoms with E-state index in [9.17, 15) is 9.59 Å². The number of pyridine rings is 1. The zero-order valence-corrected chi connectivity index (χ0v) is 20.5. The first-order valence-electron chi connectivity index (χ1n) is 11.6. The summed E-state index contributed by atoms with van der Waals surface area (Å²) in [6.07, 6.45) is 2.31. The van der Waals surface area contributed by atoms with Gasteiger partial charge in [-0.05, 0) is 30.3 Å². The Morgan fingerprint density at radius 2 is 1.50 bits per heavy atom. The fraction of sp³-hybridized carbons (Fsp3) is 0.417. The van der Waals surface area contributed by atoms with Crippen molar-refractivity contribution in [3.8, 4) is 0 Å². The Morgan fingerprint density at radius 1 is 0.853 bits per heavy atom. The van der Waals surface area contributed by atoms with Crippen molar-refractivity contribution < 1.29 is 9.59 Å². The zero-order chi connectivity index (χ0) is 23.5. The van der Waals surface area contributed by atoms with E-state index in [1.807, 2.05) is 46.2 Å². The van der Waals surface area contributed by atoms with Crippen LogP contribution in [0.3, 0.4) is 0 Å². The van der Waals surface area contributed by atoms with E-state index < -0.39 is 0 Å². The molecule has 178 valence electrons. The van der Waals surface area contributed by atoms with Crippen molar-refractivity contribution in [3.63, 3.8) is 0 Å². The van der Waals surface area contributed by atoms with E-state index >= 15 is 0 Å². The number of amides is 2. The van der Waals surface area contributed by atoms with Crippen molar-refractivity contribution >= 4 is 55.9 Å². The first kappa shape index (κ1) is 22.9. The van der Waals surface area contributed by atoms with Crippen LogP contribution < -0.4 is 9.80 Å². The van der Waals surface area contributed by atoms with Crippen LogP contribution in [0.2, 0.25) is 5.02 Å². The van der Waals surface area contributed by atoms with Gasteiger partial charge in [-0.1, -0.05) is 29.0 Å². The zero-order valence-electron chi connectivity index (χ0n) is 18.9. The predicted octanol–water partition coefficient (Wildman–Crippen LogP) is 3.12. The van der Waals surface area contributed by atoms with Gasteiger partial charge in [0.2, 0.25) is 11.8 Å². The van der Waals surface area contributed by atoms with Gasteiger partial charge in [0, 0.05) is 82.1 Å². The van der Waals surface area contributed by atoms with Crippen molar-refractivity contribution in [2.45, 2.75) is 12.8 Å². The Kier molecular flexibility index (Phi) is 6.82. The second kappa shape index (κ2) is 10.1. The van der Waals surface area contributed by atoms with E-state index in [1.165, 1.54) is 0 Å². The maximum Gasteiger partial charge on any atom is 0.223 e. The van der Waals surface area contributed by atoms with Gasteiger partial charge in [0.1, 0.15) is 10.3 Å². The van der Waals surface area contributed by atoms with Gasteiger partial charge in [-0.3, -0.25) is 9.59 Å². The molecule has 0 aliphatic carbocycles. The van der Waals surface area contributed by atoms with Crippen LogP contribution in [0.15, 0.2) is 42.6 Å². The topological polar surface area (TPSA) is 72.9 Å². The van der Waals surface area contributed by atoms with E-state index in [-0.39, 0.29) is 24.7 Å². The summed E-state index contributed by atoms with van der Waals surface area (Å²) in [6, 6.07) is 11.6. The van der Waals surface area contributed by atoms with Crippen LogP contribution in [0.1, 0.15) is 12.8 Å². The van der Waals surface area contributed by atoms with Gasteiger partial charge in [0.25, 0.3) is 0 Å². The van der Waals surface area contributed by atoms with Crippen LogP contribution in [-0.4, -0.2) is 83.9 Å². The molecule has 0 N–H and O–H groups in total. The van der Waals surface area contributed by atoms with Crippen molar-refractivity contribution in [3.05, 3.63) is 47.6 Å². The smallest absolute Gasteiger partial charge is 0.223 e. The van der Waals surface area contributed by atoms with Crippen molar-refractivity contribution in [2.75, 3.05) is 62.2 Å². The highest BCUT2D eigenvalue weighted by molar-refractivity contribution is 7.21. The highest BCUT2D eigenvalue weighted by Crippen LogP contribution is 2.28. The summed E-state index contributed by atoms with van der Waals surface area (Å²) in [6.45, 7) is 5.64. The SMILES string of the molecule is O=C(CCC(=O)N1CCN(c2nc3cccnc3s2)CC1)N1CCN(c2cccc(Cl)c2)CC1. The molecule has 0 unspecified atom stereocenters. The fourth-order valence-electron chi connectivity index (χ4n) is 4.46. The molecule has 1 aromatic carbocycles. The van der Waals surface area contributed by atoms with Gasteiger partial charge in [-0.25, -0.2) is 9.97 Å². The van der Waals surface area contributed by atoms with Crippen molar-refractivity contribution in [2.24, 2.45) is 0 Å². The number of hydrogen-bond acceptors (Lipinski definition) is 7. The molecule has 2 fully saturated rings. The number of benzene rings is 1. The average Bonchev–Trinajstić information content (AvgIpc) is 3.32. The minimum absolute atomic E-state index is 0.0523. The molecule has 8 nitrogen and oxygen atoms in total. The third-order valence-corrected chi connectivity index (χ3v) is 7.69. The summed E-state index contributed by atoms with van der Waals surface area (Å²) in [5, 5.41) is 1.67.